The molecule has 0 radical (unpaired) electrons. The first-order valence-electron chi connectivity index (χ1n) is 7.90. The number of carbonyl (C=O) groups is 2. The van der Waals surface area contributed by atoms with Gasteiger partial charge < -0.3 is 15.4 Å². The quantitative estimate of drug-likeness (QED) is 0.889. The molecule has 124 valence electrons. The number of methoxy groups -OCH3 is 1. The molecule has 1 fully saturated rings. The van der Waals surface area contributed by atoms with Crippen LogP contribution < -0.4 is 15.4 Å². The molecule has 2 N–H and O–H groups in total. The largest absolute Gasteiger partial charge is 0.497 e. The average Bonchev–Trinajstić information content (AvgIpc) is 3.43. The predicted molar refractivity (Wildman–Crippen MR) is 92.3 cm³/mol. The van der Waals surface area contributed by atoms with E-state index in [0.717, 1.165) is 6.42 Å². The third-order valence-corrected chi connectivity index (χ3v) is 4.31. The molecule has 0 bridgehead atoms. The second kappa shape index (κ2) is 6.74. The fraction of sp³-hybridized carbons (Fsp3) is 0.263. The number of benzene rings is 2. The molecule has 1 aliphatic rings. The maximum absolute atomic E-state index is 12.5. The molecular formula is C19H20N2O3. The van der Waals surface area contributed by atoms with Gasteiger partial charge in [0.1, 0.15) is 5.75 Å². The van der Waals surface area contributed by atoms with Crippen molar-refractivity contribution in [1.29, 1.82) is 0 Å². The van der Waals surface area contributed by atoms with E-state index in [1.54, 1.807) is 25.2 Å². The van der Waals surface area contributed by atoms with Crippen molar-refractivity contribution in [2.24, 2.45) is 5.92 Å². The summed E-state index contributed by atoms with van der Waals surface area (Å²) in [6, 6.07) is 15.1. The molecule has 0 aromatic heterocycles. The van der Waals surface area contributed by atoms with E-state index >= 15 is 0 Å². The predicted octanol–water partition coefficient (Wildman–Crippen LogP) is 2.80. The van der Waals surface area contributed by atoms with E-state index in [9.17, 15) is 9.59 Å². The summed E-state index contributed by atoms with van der Waals surface area (Å²) in [5.41, 5.74) is 2.07. The van der Waals surface area contributed by atoms with Crippen molar-refractivity contribution in [3.05, 3.63) is 59.7 Å². The highest BCUT2D eigenvalue weighted by molar-refractivity contribution is 6.05. The molecule has 0 spiro atoms. The normalized spacial score (nSPS) is 18.6. The van der Waals surface area contributed by atoms with Crippen molar-refractivity contribution >= 4 is 17.5 Å². The number of amides is 2. The van der Waals surface area contributed by atoms with Crippen LogP contribution in [-0.2, 0) is 4.79 Å². The summed E-state index contributed by atoms with van der Waals surface area (Å²) in [7, 11) is 3.09. The van der Waals surface area contributed by atoms with Crippen LogP contribution in [0.25, 0.3) is 0 Å². The fourth-order valence-corrected chi connectivity index (χ4v) is 2.86. The standard InChI is InChI=1S/C19H20N2O3/c1-20-18(22)16-10-13(24-2)8-9-17(16)21-19(23)15-11-14(15)12-6-4-3-5-7-12/h3-10,14-15H,11H2,1-2H3,(H,20,22)(H,21,23)/t14-,15-/m1/s1. The molecule has 0 aliphatic heterocycles. The zero-order valence-electron chi connectivity index (χ0n) is 13.7. The minimum absolute atomic E-state index is 0.0490. The summed E-state index contributed by atoms with van der Waals surface area (Å²) < 4.78 is 5.15. The summed E-state index contributed by atoms with van der Waals surface area (Å²) in [6.45, 7) is 0. The molecule has 5 nitrogen and oxygen atoms in total. The zero-order valence-corrected chi connectivity index (χ0v) is 13.7. The van der Waals surface area contributed by atoms with Gasteiger partial charge in [0.2, 0.25) is 5.91 Å². The summed E-state index contributed by atoms with van der Waals surface area (Å²) >= 11 is 0. The number of ether oxygens (including phenoxy) is 1. The highest BCUT2D eigenvalue weighted by Gasteiger charge is 2.44. The van der Waals surface area contributed by atoms with Crippen LogP contribution in [0.3, 0.4) is 0 Å². The minimum Gasteiger partial charge on any atom is -0.497 e. The van der Waals surface area contributed by atoms with E-state index < -0.39 is 0 Å². The second-order valence-corrected chi connectivity index (χ2v) is 5.84. The van der Waals surface area contributed by atoms with Crippen molar-refractivity contribution < 1.29 is 14.3 Å². The minimum atomic E-state index is -0.264. The van der Waals surface area contributed by atoms with Gasteiger partial charge in [0.05, 0.1) is 18.4 Å². The molecule has 2 atom stereocenters. The lowest BCUT2D eigenvalue weighted by molar-refractivity contribution is -0.117. The first-order chi connectivity index (χ1) is 11.6. The Bertz CT molecular complexity index is 758. The van der Waals surface area contributed by atoms with Crippen LogP contribution in [0.2, 0.25) is 0 Å². The number of carbonyl (C=O) groups excluding carboxylic acids is 2. The SMILES string of the molecule is CNC(=O)c1cc(OC)ccc1NC(=O)[C@@H]1C[C@@H]1c1ccccc1. The summed E-state index contributed by atoms with van der Waals surface area (Å²) in [4.78, 5) is 24.5. The number of hydrogen-bond acceptors (Lipinski definition) is 3. The maximum Gasteiger partial charge on any atom is 0.253 e. The van der Waals surface area contributed by atoms with Gasteiger partial charge in [-0.05, 0) is 36.1 Å². The molecule has 2 amide bonds. The average molecular weight is 324 g/mol. The van der Waals surface area contributed by atoms with Crippen molar-refractivity contribution in [3.8, 4) is 5.75 Å². The Labute approximate surface area is 141 Å². The van der Waals surface area contributed by atoms with E-state index in [4.69, 9.17) is 4.74 Å². The third kappa shape index (κ3) is 3.25. The van der Waals surface area contributed by atoms with Gasteiger partial charge in [-0.15, -0.1) is 0 Å². The Balaban J connectivity index is 1.74. The van der Waals surface area contributed by atoms with Gasteiger partial charge in [-0.1, -0.05) is 30.3 Å². The lowest BCUT2D eigenvalue weighted by Gasteiger charge is -2.12. The van der Waals surface area contributed by atoms with Gasteiger partial charge in [0.25, 0.3) is 5.91 Å². The van der Waals surface area contributed by atoms with Crippen LogP contribution >= 0.6 is 0 Å². The molecule has 3 rings (SSSR count). The summed E-state index contributed by atoms with van der Waals surface area (Å²) in [6.07, 6.45) is 0.835. The van der Waals surface area contributed by atoms with Crippen LogP contribution in [0.4, 0.5) is 5.69 Å². The Morgan fingerprint density at radius 2 is 1.88 bits per heavy atom. The summed E-state index contributed by atoms with van der Waals surface area (Å²) in [5, 5.41) is 5.46. The van der Waals surface area contributed by atoms with Gasteiger partial charge in [-0.3, -0.25) is 9.59 Å². The van der Waals surface area contributed by atoms with Crippen LogP contribution in [-0.4, -0.2) is 26.0 Å². The molecule has 0 saturated heterocycles. The topological polar surface area (TPSA) is 67.4 Å². The third-order valence-electron chi connectivity index (χ3n) is 4.31. The maximum atomic E-state index is 12.5. The van der Waals surface area contributed by atoms with E-state index in [-0.39, 0.29) is 23.7 Å². The van der Waals surface area contributed by atoms with E-state index in [1.807, 2.05) is 30.3 Å². The fourth-order valence-electron chi connectivity index (χ4n) is 2.86. The van der Waals surface area contributed by atoms with Gasteiger partial charge >= 0.3 is 0 Å². The van der Waals surface area contributed by atoms with Crippen molar-refractivity contribution in [2.75, 3.05) is 19.5 Å². The highest BCUT2D eigenvalue weighted by atomic mass is 16.5. The van der Waals surface area contributed by atoms with Gasteiger partial charge in [-0.2, -0.15) is 0 Å². The van der Waals surface area contributed by atoms with Crippen molar-refractivity contribution in [1.82, 2.24) is 5.32 Å². The molecule has 2 aromatic carbocycles. The number of rotatable bonds is 5. The lowest BCUT2D eigenvalue weighted by Crippen LogP contribution is -2.22. The number of anilines is 1. The zero-order chi connectivity index (χ0) is 17.1. The van der Waals surface area contributed by atoms with Crippen LogP contribution in [0.5, 0.6) is 5.75 Å². The molecule has 0 heterocycles. The second-order valence-electron chi connectivity index (χ2n) is 5.84. The molecule has 1 aliphatic carbocycles. The molecule has 0 unspecified atom stereocenters. The molecule has 24 heavy (non-hydrogen) atoms. The summed E-state index contributed by atoms with van der Waals surface area (Å²) in [5.74, 6) is 0.457. The Morgan fingerprint density at radius 1 is 1.12 bits per heavy atom. The molecule has 2 aromatic rings. The van der Waals surface area contributed by atoms with Gasteiger partial charge in [-0.25, -0.2) is 0 Å². The lowest BCUT2D eigenvalue weighted by atomic mass is 10.1. The Hall–Kier alpha value is -2.82. The Kier molecular flexibility index (Phi) is 4.51. The highest BCUT2D eigenvalue weighted by Crippen LogP contribution is 2.48. The van der Waals surface area contributed by atoms with Crippen LogP contribution in [0.1, 0.15) is 28.3 Å². The molecule has 1 saturated carbocycles. The first kappa shape index (κ1) is 16.1. The van der Waals surface area contributed by atoms with Crippen molar-refractivity contribution in [3.63, 3.8) is 0 Å². The van der Waals surface area contributed by atoms with Gasteiger partial charge in [0, 0.05) is 13.0 Å². The van der Waals surface area contributed by atoms with Crippen molar-refractivity contribution in [2.45, 2.75) is 12.3 Å². The van der Waals surface area contributed by atoms with Crippen LogP contribution in [0, 0.1) is 5.92 Å². The van der Waals surface area contributed by atoms with E-state index in [2.05, 4.69) is 10.6 Å². The Morgan fingerprint density at radius 3 is 2.54 bits per heavy atom. The number of hydrogen-bond donors (Lipinski definition) is 2. The smallest absolute Gasteiger partial charge is 0.253 e. The van der Waals surface area contributed by atoms with E-state index in [1.165, 1.54) is 12.7 Å². The van der Waals surface area contributed by atoms with E-state index in [0.29, 0.717) is 17.0 Å². The van der Waals surface area contributed by atoms with Crippen LogP contribution in [0.15, 0.2) is 48.5 Å². The number of nitrogens with one attached hydrogen (secondary N) is 2. The first-order valence-corrected chi connectivity index (χ1v) is 7.90. The molecular weight excluding hydrogens is 304 g/mol. The monoisotopic (exact) mass is 324 g/mol. The van der Waals surface area contributed by atoms with Gasteiger partial charge in [0.15, 0.2) is 0 Å². The molecule has 5 heteroatoms.